The molecule has 4 heterocycles. The quantitative estimate of drug-likeness (QED) is 0.340. The number of fused-ring (bicyclic) bond motifs is 2. The van der Waals surface area contributed by atoms with Gasteiger partial charge in [-0.15, -0.1) is 0 Å². The lowest BCUT2D eigenvalue weighted by Gasteiger charge is -2.50. The molecule has 10 nitrogen and oxygen atoms in total. The maximum Gasteiger partial charge on any atom is 0.435 e. The summed E-state index contributed by atoms with van der Waals surface area (Å²) in [5.41, 5.74) is -0.945. The molecular weight excluding hydrogens is 669 g/mol. The van der Waals surface area contributed by atoms with E-state index in [1.807, 2.05) is 0 Å². The first-order chi connectivity index (χ1) is 24.0. The molecule has 3 aliphatic heterocycles. The first kappa shape index (κ1) is 36.7. The number of rotatable bonds is 5. The van der Waals surface area contributed by atoms with E-state index in [1.165, 1.54) is 23.5 Å². The number of amides is 3. The smallest absolute Gasteiger partial charge is 0.341 e. The van der Waals surface area contributed by atoms with Crippen molar-refractivity contribution in [2.24, 2.45) is 11.8 Å². The first-order valence-electron chi connectivity index (χ1n) is 18.5. The molecule has 0 bridgehead atoms. The van der Waals surface area contributed by atoms with Crippen LogP contribution in [0.15, 0.2) is 29.2 Å². The summed E-state index contributed by atoms with van der Waals surface area (Å²) in [6, 6.07) is 5.69. The number of likely N-dealkylation sites (tertiary alicyclic amines) is 1. The number of carbonyl (C=O) groups is 2. The number of benzene rings is 1. The van der Waals surface area contributed by atoms with Gasteiger partial charge in [0, 0.05) is 50.9 Å². The monoisotopic (exact) mass is 720 g/mol. The Labute approximate surface area is 293 Å². The van der Waals surface area contributed by atoms with Crippen LogP contribution in [-0.2, 0) is 28.2 Å². The summed E-state index contributed by atoms with van der Waals surface area (Å²) in [5.74, 6) is -0.424. The molecule has 1 atom stereocenters. The molecule has 0 radical (unpaired) electrons. The first-order valence-corrected chi connectivity index (χ1v) is 20.0. The lowest BCUT2D eigenvalue weighted by atomic mass is 9.57. The van der Waals surface area contributed by atoms with Gasteiger partial charge >= 0.3 is 12.2 Å². The number of hydrogen-bond acceptors (Lipinski definition) is 5. The van der Waals surface area contributed by atoms with Gasteiger partial charge in [0.15, 0.2) is 5.69 Å². The number of hydrogen-bond donors (Lipinski definition) is 2. The number of nitrogens with zero attached hydrogens (tertiary/aromatic N) is 4. The highest BCUT2D eigenvalue weighted by Crippen LogP contribution is 2.54. The second-order valence-corrected chi connectivity index (χ2v) is 16.6. The molecule has 276 valence electrons. The molecule has 50 heavy (non-hydrogen) atoms. The summed E-state index contributed by atoms with van der Waals surface area (Å²) in [6.45, 7) is 1.84. The summed E-state index contributed by atoms with van der Waals surface area (Å²) in [5, 5.41) is 9.29. The van der Waals surface area contributed by atoms with E-state index in [4.69, 9.17) is 0 Å². The van der Waals surface area contributed by atoms with Gasteiger partial charge in [0.05, 0.1) is 16.2 Å². The maximum atomic E-state index is 14.8. The number of urea groups is 1. The van der Waals surface area contributed by atoms with E-state index in [2.05, 4.69) is 15.7 Å². The molecule has 3 amide bonds. The minimum atomic E-state index is -4.76. The van der Waals surface area contributed by atoms with Crippen LogP contribution in [0.2, 0.25) is 0 Å². The zero-order valence-corrected chi connectivity index (χ0v) is 29.9. The number of nitrogens with one attached hydrogen (secondary N) is 2. The molecule has 1 aromatic carbocycles. The van der Waals surface area contributed by atoms with E-state index in [0.29, 0.717) is 76.2 Å². The summed E-state index contributed by atoms with van der Waals surface area (Å²) in [4.78, 5) is 27.7. The van der Waals surface area contributed by atoms with Gasteiger partial charge in [-0.3, -0.25) is 9.48 Å². The molecule has 1 unspecified atom stereocenters. The molecule has 1 spiro atoms. The molecule has 2 aromatic rings. The van der Waals surface area contributed by atoms with Crippen molar-refractivity contribution in [2.45, 2.75) is 119 Å². The zero-order valence-electron chi connectivity index (χ0n) is 29.1. The van der Waals surface area contributed by atoms with E-state index in [1.54, 1.807) is 21.7 Å². The van der Waals surface area contributed by atoms with E-state index in [9.17, 15) is 31.2 Å². The molecule has 2 saturated heterocycles. The van der Waals surface area contributed by atoms with E-state index < -0.39 is 39.2 Å². The van der Waals surface area contributed by atoms with Crippen molar-refractivity contribution in [3.63, 3.8) is 0 Å². The van der Waals surface area contributed by atoms with Gasteiger partial charge in [-0.2, -0.15) is 22.6 Å². The predicted molar refractivity (Wildman–Crippen MR) is 184 cm³/mol. The number of sulfonamides is 1. The van der Waals surface area contributed by atoms with Crippen LogP contribution in [0.1, 0.15) is 118 Å². The van der Waals surface area contributed by atoms with Crippen LogP contribution < -0.4 is 10.6 Å². The Morgan fingerprint density at radius 1 is 0.820 bits per heavy atom. The second-order valence-electron chi connectivity index (χ2n) is 14.6. The van der Waals surface area contributed by atoms with Crippen molar-refractivity contribution in [1.29, 1.82) is 0 Å². The van der Waals surface area contributed by atoms with Crippen molar-refractivity contribution in [1.82, 2.24) is 24.3 Å². The van der Waals surface area contributed by atoms with E-state index >= 15 is 0 Å². The molecule has 2 N–H and O–H groups in total. The van der Waals surface area contributed by atoms with Crippen LogP contribution in [-0.4, -0.2) is 72.6 Å². The second kappa shape index (κ2) is 15.2. The number of anilines is 1. The Kier molecular flexibility index (Phi) is 11.2. The molecule has 3 fully saturated rings. The number of aryl methyl sites for hydroxylation is 1. The average Bonchev–Trinajstić information content (AvgIpc) is 3.53. The van der Waals surface area contributed by atoms with Crippen molar-refractivity contribution in [3.05, 3.63) is 41.2 Å². The van der Waals surface area contributed by atoms with Gasteiger partial charge in [0.2, 0.25) is 10.0 Å². The highest BCUT2D eigenvalue weighted by atomic mass is 32.2. The summed E-state index contributed by atoms with van der Waals surface area (Å²) < 4.78 is 74.8. The predicted octanol–water partition coefficient (Wildman–Crippen LogP) is 7.16. The standard InChI is InChI=1S/C36H51F3N6O4S/c1-40-34(47)41-27-12-14-28(15-13-27)50(48,49)44-23-16-26(17-24-44)29-18-25-45-32(35(29)19-8-5-3-2-4-6-9-20-35)30(31(42-45)36(37,38)39)33(46)43-21-10-7-11-22-43/h12-15,26,29H,2-11,16-25H2,1H3,(H2,40,41,47). The average molecular weight is 721 g/mol. The number of aromatic nitrogens is 2. The fraction of sp³-hybridized carbons (Fsp3) is 0.694. The van der Waals surface area contributed by atoms with Crippen LogP contribution in [0.3, 0.4) is 0 Å². The van der Waals surface area contributed by atoms with E-state index in [-0.39, 0.29) is 22.3 Å². The Morgan fingerprint density at radius 2 is 1.40 bits per heavy atom. The van der Waals surface area contributed by atoms with Crippen molar-refractivity contribution in [3.8, 4) is 0 Å². The number of halogens is 3. The van der Waals surface area contributed by atoms with Crippen LogP contribution in [0, 0.1) is 11.8 Å². The van der Waals surface area contributed by atoms with Gasteiger partial charge in [-0.05, 0) is 87.5 Å². The molecule has 1 saturated carbocycles. The third kappa shape index (κ3) is 7.42. The van der Waals surface area contributed by atoms with Gasteiger partial charge in [-0.25, -0.2) is 13.2 Å². The maximum absolute atomic E-state index is 14.8. The number of piperidine rings is 2. The SMILES string of the molecule is CNC(=O)Nc1ccc(S(=O)(=O)N2CCC(C3CCn4nc(C(F)(F)F)c(C(=O)N5CCCCC5)c4C34CCCCCCCCC4)CC2)cc1. The van der Waals surface area contributed by atoms with Crippen molar-refractivity contribution < 1.29 is 31.2 Å². The topological polar surface area (TPSA) is 117 Å². The van der Waals surface area contributed by atoms with Crippen LogP contribution in [0.25, 0.3) is 0 Å². The fourth-order valence-corrected chi connectivity index (χ4v) is 10.7. The van der Waals surface area contributed by atoms with Gasteiger partial charge < -0.3 is 15.5 Å². The number of alkyl halides is 3. The summed E-state index contributed by atoms with van der Waals surface area (Å²) >= 11 is 0. The minimum absolute atomic E-state index is 0.0139. The third-order valence-electron chi connectivity index (χ3n) is 11.7. The Hall–Kier alpha value is -3.13. The highest BCUT2D eigenvalue weighted by Gasteiger charge is 2.54. The minimum Gasteiger partial charge on any atom is -0.341 e. The molecule has 14 heteroatoms. The Morgan fingerprint density at radius 3 is 1.98 bits per heavy atom. The fourth-order valence-electron chi connectivity index (χ4n) is 9.25. The zero-order chi connectivity index (χ0) is 35.5. The normalized spacial score (nSPS) is 22.9. The van der Waals surface area contributed by atoms with Crippen LogP contribution in [0.5, 0.6) is 0 Å². The third-order valence-corrected chi connectivity index (χ3v) is 13.6. The van der Waals surface area contributed by atoms with Gasteiger partial charge in [-0.1, -0.05) is 44.9 Å². The summed E-state index contributed by atoms with van der Waals surface area (Å²) in [7, 11) is -2.30. The largest absolute Gasteiger partial charge is 0.435 e. The molecule has 4 aliphatic rings. The van der Waals surface area contributed by atoms with Gasteiger partial charge in [0.1, 0.15) is 0 Å². The molecule has 6 rings (SSSR count). The summed E-state index contributed by atoms with van der Waals surface area (Å²) in [6.07, 6.45) is 8.10. The highest BCUT2D eigenvalue weighted by molar-refractivity contribution is 7.89. The van der Waals surface area contributed by atoms with Crippen LogP contribution in [0.4, 0.5) is 23.7 Å². The number of carbonyl (C=O) groups excluding carboxylic acids is 2. The molecule has 1 aromatic heterocycles. The lowest BCUT2D eigenvalue weighted by molar-refractivity contribution is -0.141. The van der Waals surface area contributed by atoms with Crippen LogP contribution >= 0.6 is 0 Å². The van der Waals surface area contributed by atoms with Crippen molar-refractivity contribution in [2.75, 3.05) is 38.5 Å². The van der Waals surface area contributed by atoms with E-state index in [0.717, 1.165) is 64.2 Å². The Balaban J connectivity index is 1.32. The Bertz CT molecular complexity index is 1600. The lowest BCUT2D eigenvalue weighted by Crippen LogP contribution is -2.50. The molecular formula is C36H51F3N6O4S. The van der Waals surface area contributed by atoms with Gasteiger partial charge in [0.25, 0.3) is 5.91 Å². The molecule has 1 aliphatic carbocycles. The van der Waals surface area contributed by atoms with Crippen molar-refractivity contribution >= 4 is 27.6 Å².